The molecule has 4 aromatic carbocycles. The highest BCUT2D eigenvalue weighted by molar-refractivity contribution is 9.10. The highest BCUT2D eigenvalue weighted by Crippen LogP contribution is 2.38. The van der Waals surface area contributed by atoms with Gasteiger partial charge in [-0.05, 0) is 53.1 Å². The van der Waals surface area contributed by atoms with Crippen molar-refractivity contribution in [3.05, 3.63) is 141 Å². The molecule has 1 aliphatic rings. The number of carbonyl (C=O) groups is 1. The Bertz CT molecular complexity index is 1850. The van der Waals surface area contributed by atoms with Crippen LogP contribution < -0.4 is 10.3 Å². The van der Waals surface area contributed by atoms with Crippen LogP contribution in [0, 0.1) is 0 Å². The highest BCUT2D eigenvalue weighted by Gasteiger charge is 2.34. The van der Waals surface area contributed by atoms with E-state index in [1.54, 1.807) is 13.2 Å². The first-order valence-corrected chi connectivity index (χ1v) is 14.0. The Labute approximate surface area is 245 Å². The number of aromatic amines is 1. The van der Waals surface area contributed by atoms with Crippen LogP contribution in [0.3, 0.4) is 0 Å². The number of hydrogen-bond acceptors (Lipinski definition) is 4. The van der Waals surface area contributed by atoms with E-state index >= 15 is 0 Å². The summed E-state index contributed by atoms with van der Waals surface area (Å²) in [5, 5.41) is 7.20. The number of hydrogen-bond donors (Lipinski definition) is 1. The maximum absolute atomic E-state index is 13.7. The monoisotopic (exact) mass is 603 g/mol. The van der Waals surface area contributed by atoms with E-state index in [1.165, 1.54) is 11.1 Å². The number of rotatable bonds is 6. The minimum Gasteiger partial charge on any atom is -0.497 e. The number of pyridine rings is 1. The molecule has 0 bridgehead atoms. The number of H-pyrrole nitrogens is 1. The molecule has 6 nitrogen and oxygen atoms in total. The lowest BCUT2D eigenvalue weighted by Crippen LogP contribution is -2.25. The van der Waals surface area contributed by atoms with Crippen molar-refractivity contribution in [3.8, 4) is 16.9 Å². The van der Waals surface area contributed by atoms with Crippen LogP contribution in [-0.4, -0.2) is 28.7 Å². The second-order valence-corrected chi connectivity index (χ2v) is 10.6. The van der Waals surface area contributed by atoms with E-state index < -0.39 is 6.04 Å². The van der Waals surface area contributed by atoms with Gasteiger partial charge in [0, 0.05) is 33.4 Å². The fourth-order valence-corrected chi connectivity index (χ4v) is 5.56. The first-order chi connectivity index (χ1) is 20.0. The smallest absolute Gasteiger partial charge is 0.267 e. The van der Waals surface area contributed by atoms with Crippen LogP contribution in [0.4, 0.5) is 0 Å². The maximum atomic E-state index is 13.7. The summed E-state index contributed by atoms with van der Waals surface area (Å²) in [5.41, 5.74) is 4.98. The summed E-state index contributed by atoms with van der Waals surface area (Å²) in [6.45, 7) is 0. The Morgan fingerprint density at radius 1 is 0.951 bits per heavy atom. The van der Waals surface area contributed by atoms with E-state index in [4.69, 9.17) is 9.84 Å². The number of fused-ring (bicyclic) bond motifs is 1. The molecule has 2 heterocycles. The predicted molar refractivity (Wildman–Crippen MR) is 167 cm³/mol. The first kappa shape index (κ1) is 26.5. The lowest BCUT2D eigenvalue weighted by Gasteiger charge is -2.21. The van der Waals surface area contributed by atoms with Crippen molar-refractivity contribution in [1.82, 2.24) is 9.99 Å². The van der Waals surface area contributed by atoms with Gasteiger partial charge in [-0.25, -0.2) is 5.01 Å². The standard InChI is InChI=1S/C34H26BrN3O3/c1-41-26-16-13-23(14-17-26)30-21-29(37-38(30)31(39)19-12-22-8-4-2-5-9-22)33-32(24-10-6-3-7-11-24)27-20-25(35)15-18-28(27)36-34(33)40/h2-20,30H,21H2,1H3,(H,36,40). The van der Waals surface area contributed by atoms with Gasteiger partial charge in [0.2, 0.25) is 0 Å². The third kappa shape index (κ3) is 5.36. The van der Waals surface area contributed by atoms with Crippen molar-refractivity contribution in [2.75, 3.05) is 7.11 Å². The van der Waals surface area contributed by atoms with Gasteiger partial charge in [-0.3, -0.25) is 9.59 Å². The second-order valence-electron chi connectivity index (χ2n) is 9.73. The van der Waals surface area contributed by atoms with E-state index in [0.29, 0.717) is 17.7 Å². The molecule has 6 rings (SSSR count). The predicted octanol–water partition coefficient (Wildman–Crippen LogP) is 7.36. The van der Waals surface area contributed by atoms with Crippen LogP contribution in [0.5, 0.6) is 5.75 Å². The molecule has 1 atom stereocenters. The average molecular weight is 605 g/mol. The van der Waals surface area contributed by atoms with Gasteiger partial charge in [0.1, 0.15) is 5.75 Å². The fraction of sp³-hybridized carbons (Fsp3) is 0.0882. The van der Waals surface area contributed by atoms with E-state index in [1.807, 2.05) is 103 Å². The van der Waals surface area contributed by atoms with Gasteiger partial charge in [0.15, 0.2) is 0 Å². The zero-order chi connectivity index (χ0) is 28.3. The summed E-state index contributed by atoms with van der Waals surface area (Å²) in [4.78, 5) is 30.4. The number of hydrazone groups is 1. The molecule has 41 heavy (non-hydrogen) atoms. The molecule has 202 valence electrons. The Balaban J connectivity index is 1.50. The number of aromatic nitrogens is 1. The summed E-state index contributed by atoms with van der Waals surface area (Å²) < 4.78 is 6.24. The normalized spacial score (nSPS) is 14.9. The van der Waals surface area contributed by atoms with Gasteiger partial charge in [0.05, 0.1) is 24.4 Å². The lowest BCUT2D eigenvalue weighted by atomic mass is 9.91. The summed E-state index contributed by atoms with van der Waals surface area (Å²) in [6, 6.07) is 32.4. The molecule has 0 radical (unpaired) electrons. The van der Waals surface area contributed by atoms with Gasteiger partial charge < -0.3 is 9.72 Å². The summed E-state index contributed by atoms with van der Waals surface area (Å²) in [6.07, 6.45) is 3.68. The zero-order valence-electron chi connectivity index (χ0n) is 22.3. The molecule has 0 aliphatic carbocycles. The summed E-state index contributed by atoms with van der Waals surface area (Å²) in [7, 11) is 1.62. The minimum atomic E-state index is -0.398. The highest BCUT2D eigenvalue weighted by atomic mass is 79.9. The molecule has 1 aliphatic heterocycles. The number of halogens is 1. The van der Waals surface area contributed by atoms with Gasteiger partial charge in [0.25, 0.3) is 11.5 Å². The maximum Gasteiger partial charge on any atom is 0.267 e. The molecule has 1 unspecified atom stereocenters. The molecule has 0 spiro atoms. The molecule has 1 amide bonds. The number of ether oxygens (including phenoxy) is 1. The zero-order valence-corrected chi connectivity index (χ0v) is 23.8. The molecule has 5 aromatic rings. The van der Waals surface area contributed by atoms with Crippen molar-refractivity contribution in [2.24, 2.45) is 5.10 Å². The van der Waals surface area contributed by atoms with E-state index in [2.05, 4.69) is 20.9 Å². The van der Waals surface area contributed by atoms with Crippen LogP contribution in [0.25, 0.3) is 28.1 Å². The van der Waals surface area contributed by atoms with Crippen molar-refractivity contribution in [2.45, 2.75) is 12.5 Å². The Morgan fingerprint density at radius 2 is 1.66 bits per heavy atom. The van der Waals surface area contributed by atoms with E-state index in [9.17, 15) is 9.59 Å². The average Bonchev–Trinajstić information content (AvgIpc) is 3.45. The summed E-state index contributed by atoms with van der Waals surface area (Å²) in [5.74, 6) is 0.448. The number of benzene rings is 4. The van der Waals surface area contributed by atoms with Crippen molar-refractivity contribution in [1.29, 1.82) is 0 Å². The van der Waals surface area contributed by atoms with Crippen LogP contribution in [-0.2, 0) is 4.79 Å². The molecule has 0 saturated carbocycles. The first-order valence-electron chi connectivity index (χ1n) is 13.2. The van der Waals surface area contributed by atoms with Crippen molar-refractivity contribution >= 4 is 44.5 Å². The quantitative estimate of drug-likeness (QED) is 0.206. The number of amides is 1. The van der Waals surface area contributed by atoms with E-state index in [0.717, 1.165) is 43.4 Å². The van der Waals surface area contributed by atoms with Crippen LogP contribution in [0.2, 0.25) is 0 Å². The van der Waals surface area contributed by atoms with Crippen LogP contribution in [0.15, 0.2) is 124 Å². The van der Waals surface area contributed by atoms with Gasteiger partial charge >= 0.3 is 0 Å². The summed E-state index contributed by atoms with van der Waals surface area (Å²) >= 11 is 3.59. The lowest BCUT2D eigenvalue weighted by molar-refractivity contribution is -0.127. The van der Waals surface area contributed by atoms with E-state index in [-0.39, 0.29) is 11.5 Å². The molecule has 0 saturated heterocycles. The fourth-order valence-electron chi connectivity index (χ4n) is 5.20. The Kier molecular flexibility index (Phi) is 7.35. The van der Waals surface area contributed by atoms with Crippen molar-refractivity contribution < 1.29 is 9.53 Å². The van der Waals surface area contributed by atoms with Gasteiger partial charge in [-0.1, -0.05) is 88.7 Å². The molecule has 1 aromatic heterocycles. The molecule has 0 fully saturated rings. The van der Waals surface area contributed by atoms with Gasteiger partial charge in [-0.2, -0.15) is 5.10 Å². The number of carbonyl (C=O) groups excluding carboxylic acids is 1. The number of nitrogens with one attached hydrogen (secondary N) is 1. The number of methoxy groups -OCH3 is 1. The van der Waals surface area contributed by atoms with Crippen LogP contribution >= 0.6 is 15.9 Å². The van der Waals surface area contributed by atoms with Gasteiger partial charge in [-0.15, -0.1) is 0 Å². The molecular weight excluding hydrogens is 578 g/mol. The Morgan fingerprint density at radius 3 is 2.37 bits per heavy atom. The topological polar surface area (TPSA) is 74.8 Å². The third-order valence-electron chi connectivity index (χ3n) is 7.18. The second kappa shape index (κ2) is 11.4. The SMILES string of the molecule is COc1ccc(C2CC(c3c(-c4ccccc4)c4cc(Br)ccc4[nH]c3=O)=NN2C(=O)C=Cc2ccccc2)cc1. The largest absolute Gasteiger partial charge is 0.497 e. The van der Waals surface area contributed by atoms with Crippen molar-refractivity contribution in [3.63, 3.8) is 0 Å². The number of nitrogens with zero attached hydrogens (tertiary/aromatic N) is 2. The molecule has 7 heteroatoms. The molecular formula is C34H26BrN3O3. The minimum absolute atomic E-state index is 0.250. The van der Waals surface area contributed by atoms with Crippen LogP contribution in [0.1, 0.15) is 29.2 Å². The Hall–Kier alpha value is -4.75. The third-order valence-corrected chi connectivity index (χ3v) is 7.68. The molecule has 1 N–H and O–H groups in total.